The van der Waals surface area contributed by atoms with E-state index in [4.69, 9.17) is 17.3 Å². The number of rotatable bonds is 4. The minimum Gasteiger partial charge on any atom is -0.399 e. The number of hydrogen-bond acceptors (Lipinski definition) is 5. The minimum absolute atomic E-state index is 0.00798. The van der Waals surface area contributed by atoms with Gasteiger partial charge in [-0.2, -0.15) is 4.31 Å². The van der Waals surface area contributed by atoms with Gasteiger partial charge in [-0.3, -0.25) is 0 Å². The van der Waals surface area contributed by atoms with Crippen molar-refractivity contribution in [1.82, 2.24) is 9.29 Å². The maximum Gasteiger partial charge on any atom is 0.244 e. The Labute approximate surface area is 127 Å². The van der Waals surface area contributed by atoms with Crippen LogP contribution in [0.3, 0.4) is 0 Å². The first-order valence-electron chi connectivity index (χ1n) is 5.73. The number of hydrogen-bond donors (Lipinski definition) is 1. The molecule has 0 aliphatic heterocycles. The molecule has 1 aromatic carbocycles. The third-order valence-electron chi connectivity index (χ3n) is 2.69. The Hall–Kier alpha value is -1.15. The third kappa shape index (κ3) is 3.12. The van der Waals surface area contributed by atoms with E-state index in [1.54, 1.807) is 6.07 Å². The van der Waals surface area contributed by atoms with Crippen LogP contribution < -0.4 is 5.73 Å². The molecule has 0 fully saturated rings. The summed E-state index contributed by atoms with van der Waals surface area (Å²) in [6.45, 7) is 2.06. The van der Waals surface area contributed by atoms with E-state index in [0.717, 1.165) is 5.01 Å². The Morgan fingerprint density at radius 2 is 2.15 bits per heavy atom. The molecule has 1 heterocycles. The smallest absolute Gasteiger partial charge is 0.244 e. The summed E-state index contributed by atoms with van der Waals surface area (Å²) >= 11 is 7.44. The fraction of sp³-hybridized carbons (Fsp3) is 0.250. The predicted molar refractivity (Wildman–Crippen MR) is 81.4 cm³/mol. The topological polar surface area (TPSA) is 76.3 Å². The normalized spacial score (nSPS) is 12.0. The number of halogens is 1. The standard InChI is InChI=1S/C12H14ClN3O2S2/c1-8-15-10(7-19-8)6-16(2)20(17,18)12-5-9(14)3-4-11(12)13/h3-5,7H,6,14H2,1-2H3. The molecule has 2 rings (SSSR count). The van der Waals surface area contributed by atoms with E-state index >= 15 is 0 Å². The molecule has 20 heavy (non-hydrogen) atoms. The predicted octanol–water partition coefficient (Wildman–Crippen LogP) is 2.51. The average Bonchev–Trinajstić information content (AvgIpc) is 2.77. The van der Waals surface area contributed by atoms with Gasteiger partial charge in [0.05, 0.1) is 22.3 Å². The first kappa shape index (κ1) is 15.2. The second kappa shape index (κ2) is 5.69. The number of thiazole rings is 1. The summed E-state index contributed by atoms with van der Waals surface area (Å²) in [5.74, 6) is 0. The van der Waals surface area contributed by atoms with Gasteiger partial charge in [0.15, 0.2) is 0 Å². The first-order valence-corrected chi connectivity index (χ1v) is 8.43. The lowest BCUT2D eigenvalue weighted by molar-refractivity contribution is 0.463. The molecule has 2 aromatic rings. The van der Waals surface area contributed by atoms with Crippen molar-refractivity contribution in [2.75, 3.05) is 12.8 Å². The highest BCUT2D eigenvalue weighted by molar-refractivity contribution is 7.89. The van der Waals surface area contributed by atoms with Crippen molar-refractivity contribution in [1.29, 1.82) is 0 Å². The van der Waals surface area contributed by atoms with E-state index in [1.165, 1.54) is 34.8 Å². The molecular formula is C12H14ClN3O2S2. The van der Waals surface area contributed by atoms with Gasteiger partial charge in [0.1, 0.15) is 4.90 Å². The zero-order valence-electron chi connectivity index (χ0n) is 11.0. The number of nitrogen functional groups attached to an aromatic ring is 1. The number of nitrogens with two attached hydrogens (primary N) is 1. The van der Waals surface area contributed by atoms with Crippen LogP contribution in [0.25, 0.3) is 0 Å². The second-order valence-electron chi connectivity index (χ2n) is 4.31. The number of benzene rings is 1. The number of sulfonamides is 1. The molecule has 8 heteroatoms. The van der Waals surface area contributed by atoms with E-state index in [1.807, 2.05) is 12.3 Å². The monoisotopic (exact) mass is 331 g/mol. The molecular weight excluding hydrogens is 318 g/mol. The van der Waals surface area contributed by atoms with Gasteiger partial charge < -0.3 is 5.73 Å². The summed E-state index contributed by atoms with van der Waals surface area (Å²) in [5, 5.41) is 2.88. The van der Waals surface area contributed by atoms with Crippen LogP contribution in [0.1, 0.15) is 10.7 Å². The highest BCUT2D eigenvalue weighted by Gasteiger charge is 2.24. The second-order valence-corrected chi connectivity index (χ2v) is 7.79. The van der Waals surface area contributed by atoms with Crippen LogP contribution in [0.2, 0.25) is 5.02 Å². The van der Waals surface area contributed by atoms with Crippen molar-refractivity contribution in [2.45, 2.75) is 18.4 Å². The molecule has 0 saturated heterocycles. The Kier molecular flexibility index (Phi) is 4.33. The lowest BCUT2D eigenvalue weighted by Crippen LogP contribution is -2.27. The molecule has 5 nitrogen and oxygen atoms in total. The van der Waals surface area contributed by atoms with Crippen molar-refractivity contribution >= 4 is 38.6 Å². The molecule has 2 N–H and O–H groups in total. The fourth-order valence-corrected chi connectivity index (χ4v) is 3.93. The van der Waals surface area contributed by atoms with Gasteiger partial charge >= 0.3 is 0 Å². The Morgan fingerprint density at radius 3 is 2.75 bits per heavy atom. The molecule has 0 atom stereocenters. The van der Waals surface area contributed by atoms with Gasteiger partial charge in [0, 0.05) is 18.1 Å². The summed E-state index contributed by atoms with van der Waals surface area (Å²) < 4.78 is 26.2. The van der Waals surface area contributed by atoms with Gasteiger partial charge in [-0.25, -0.2) is 13.4 Å². The molecule has 0 aliphatic carbocycles. The van der Waals surface area contributed by atoms with Crippen LogP contribution in [0.4, 0.5) is 5.69 Å². The van der Waals surface area contributed by atoms with Crippen LogP contribution in [0.15, 0.2) is 28.5 Å². The third-order valence-corrected chi connectivity index (χ3v) is 5.80. The van der Waals surface area contributed by atoms with Crippen LogP contribution in [0.5, 0.6) is 0 Å². The molecule has 0 radical (unpaired) electrons. The molecule has 0 bridgehead atoms. The molecule has 0 spiro atoms. The van der Waals surface area contributed by atoms with Gasteiger partial charge in [-0.15, -0.1) is 11.3 Å². The summed E-state index contributed by atoms with van der Waals surface area (Å²) in [6.07, 6.45) is 0. The number of nitrogens with zero attached hydrogens (tertiary/aromatic N) is 2. The summed E-state index contributed by atoms with van der Waals surface area (Å²) in [5.41, 5.74) is 6.69. The van der Waals surface area contributed by atoms with Crippen LogP contribution >= 0.6 is 22.9 Å². The molecule has 108 valence electrons. The molecule has 0 saturated carbocycles. The van der Waals surface area contributed by atoms with Crippen molar-refractivity contribution < 1.29 is 8.42 Å². The van der Waals surface area contributed by atoms with E-state index in [-0.39, 0.29) is 16.5 Å². The molecule has 0 unspecified atom stereocenters. The van der Waals surface area contributed by atoms with Crippen molar-refractivity contribution in [3.05, 3.63) is 39.3 Å². The maximum atomic E-state index is 12.5. The molecule has 1 aromatic heterocycles. The van der Waals surface area contributed by atoms with E-state index in [9.17, 15) is 8.42 Å². The lowest BCUT2D eigenvalue weighted by Gasteiger charge is -2.17. The summed E-state index contributed by atoms with van der Waals surface area (Å²) in [4.78, 5) is 4.26. The van der Waals surface area contributed by atoms with Crippen LogP contribution in [0, 0.1) is 6.92 Å². The minimum atomic E-state index is -3.70. The van der Waals surface area contributed by atoms with Gasteiger partial charge in [0.25, 0.3) is 0 Å². The fourth-order valence-electron chi connectivity index (χ4n) is 1.68. The first-order chi connectivity index (χ1) is 9.30. The van der Waals surface area contributed by atoms with Gasteiger partial charge in [0.2, 0.25) is 10.0 Å². The largest absolute Gasteiger partial charge is 0.399 e. The summed E-state index contributed by atoms with van der Waals surface area (Å²) in [6, 6.07) is 4.40. The van der Waals surface area contributed by atoms with Gasteiger partial charge in [-0.05, 0) is 25.1 Å². The average molecular weight is 332 g/mol. The van der Waals surface area contributed by atoms with Gasteiger partial charge in [-0.1, -0.05) is 11.6 Å². The number of aromatic nitrogens is 1. The van der Waals surface area contributed by atoms with E-state index < -0.39 is 10.0 Å². The highest BCUT2D eigenvalue weighted by atomic mass is 35.5. The van der Waals surface area contributed by atoms with E-state index in [2.05, 4.69) is 4.98 Å². The maximum absolute atomic E-state index is 12.5. The molecule has 0 aliphatic rings. The van der Waals surface area contributed by atoms with Crippen molar-refractivity contribution in [2.24, 2.45) is 0 Å². The Morgan fingerprint density at radius 1 is 1.45 bits per heavy atom. The van der Waals surface area contributed by atoms with Crippen molar-refractivity contribution in [3.8, 4) is 0 Å². The lowest BCUT2D eigenvalue weighted by atomic mass is 10.3. The quantitative estimate of drug-likeness (QED) is 0.873. The molecule has 0 amide bonds. The van der Waals surface area contributed by atoms with Crippen LogP contribution in [-0.4, -0.2) is 24.8 Å². The highest BCUT2D eigenvalue weighted by Crippen LogP contribution is 2.27. The van der Waals surface area contributed by atoms with Crippen molar-refractivity contribution in [3.63, 3.8) is 0 Å². The number of aryl methyl sites for hydroxylation is 1. The Balaban J connectivity index is 2.32. The number of anilines is 1. The SMILES string of the molecule is Cc1nc(CN(C)S(=O)(=O)c2cc(N)ccc2Cl)cs1. The van der Waals surface area contributed by atoms with Crippen LogP contribution in [-0.2, 0) is 16.6 Å². The Bertz CT molecular complexity index is 728. The zero-order chi connectivity index (χ0) is 14.9. The summed E-state index contributed by atoms with van der Waals surface area (Å²) in [7, 11) is -2.21. The van der Waals surface area contributed by atoms with E-state index in [0.29, 0.717) is 11.4 Å². The zero-order valence-corrected chi connectivity index (χ0v) is 13.4.